The summed E-state index contributed by atoms with van der Waals surface area (Å²) in [6.45, 7) is 9.23. The lowest BCUT2D eigenvalue weighted by molar-refractivity contribution is -0.137. The predicted molar refractivity (Wildman–Crippen MR) is 133 cm³/mol. The number of halogens is 1. The molecular weight excluding hydrogens is 465 g/mol. The van der Waals surface area contributed by atoms with Crippen LogP contribution in [0.2, 0.25) is 0 Å². The third-order valence-electron chi connectivity index (χ3n) is 5.86. The molecule has 0 aliphatic heterocycles. The fraction of sp³-hybridized carbons (Fsp3) is 0.370. The lowest BCUT2D eigenvalue weighted by Crippen LogP contribution is -2.32. The second-order valence-electron chi connectivity index (χ2n) is 9.91. The van der Waals surface area contributed by atoms with Crippen LogP contribution in [0.15, 0.2) is 48.5 Å². The smallest absolute Gasteiger partial charge is 0.305 e. The maximum Gasteiger partial charge on any atom is 0.305 e. The number of hydrogen-bond acceptors (Lipinski definition) is 5. The van der Waals surface area contributed by atoms with Crippen LogP contribution in [-0.4, -0.2) is 44.6 Å². The van der Waals surface area contributed by atoms with E-state index in [0.29, 0.717) is 5.56 Å². The van der Waals surface area contributed by atoms with E-state index in [9.17, 15) is 24.2 Å². The maximum atomic E-state index is 14.6. The van der Waals surface area contributed by atoms with Crippen molar-refractivity contribution in [3.63, 3.8) is 0 Å². The molecule has 0 aliphatic rings. The van der Waals surface area contributed by atoms with E-state index in [1.54, 1.807) is 12.1 Å². The number of carbonyl (C=O) groups is 2. The molecule has 0 aliphatic carbocycles. The minimum Gasteiger partial charge on any atom is -0.481 e. The van der Waals surface area contributed by atoms with Crippen molar-refractivity contribution < 1.29 is 28.9 Å². The van der Waals surface area contributed by atoms with E-state index in [2.05, 4.69) is 10.4 Å². The number of aromatic nitrogens is 2. The lowest BCUT2D eigenvalue weighted by Gasteiger charge is -2.25. The fourth-order valence-electron chi connectivity index (χ4n) is 3.65. The number of para-hydroxylation sites is 1. The number of aliphatic hydroxyl groups excluding tert-OH is 1. The number of aliphatic carboxylic acids is 1. The average molecular weight is 498 g/mol. The number of aryl methyl sites for hydroxylation is 2. The summed E-state index contributed by atoms with van der Waals surface area (Å²) in [5.41, 5.74) is 2.05. The van der Waals surface area contributed by atoms with Crippen LogP contribution in [-0.2, 0) is 4.79 Å². The van der Waals surface area contributed by atoms with Crippen LogP contribution in [0, 0.1) is 25.1 Å². The number of carboxylic acid groups (broad SMARTS) is 1. The number of rotatable bonds is 9. The maximum absolute atomic E-state index is 14.6. The number of ether oxygens (including phenoxy) is 1. The van der Waals surface area contributed by atoms with Gasteiger partial charge in [-0.05, 0) is 42.5 Å². The highest BCUT2D eigenvalue weighted by molar-refractivity contribution is 5.93. The molecule has 0 spiro atoms. The highest BCUT2D eigenvalue weighted by Gasteiger charge is 2.26. The van der Waals surface area contributed by atoms with E-state index in [-0.39, 0.29) is 30.3 Å². The van der Waals surface area contributed by atoms with Crippen molar-refractivity contribution >= 4 is 11.9 Å². The van der Waals surface area contributed by atoms with Crippen LogP contribution >= 0.6 is 0 Å². The molecule has 1 aromatic heterocycles. The zero-order valence-electron chi connectivity index (χ0n) is 21.1. The summed E-state index contributed by atoms with van der Waals surface area (Å²) in [6.07, 6.45) is -1.16. The van der Waals surface area contributed by atoms with E-state index in [0.717, 1.165) is 15.8 Å². The standard InChI is InChI=1S/C27H32FN3O5/c1-16-10-11-18(17(2)12-16)20(14-25(33)34)29-26(35)21-13-24(36-15-23(32)27(3,4)5)31(30-21)22-9-7-6-8-19(22)28/h6-13,20,23,32H,14-15H2,1-5H3,(H,29,35)(H,33,34)/t20-,23+/m0/s1. The Labute approximate surface area is 209 Å². The summed E-state index contributed by atoms with van der Waals surface area (Å²) in [6, 6.07) is 12.0. The van der Waals surface area contributed by atoms with Crippen LogP contribution in [0.4, 0.5) is 4.39 Å². The van der Waals surface area contributed by atoms with Gasteiger partial charge in [-0.1, -0.05) is 56.7 Å². The normalized spacial score (nSPS) is 13.2. The summed E-state index contributed by atoms with van der Waals surface area (Å²) in [5, 5.41) is 26.8. The summed E-state index contributed by atoms with van der Waals surface area (Å²) in [4.78, 5) is 24.7. The van der Waals surface area contributed by atoms with E-state index in [1.807, 2.05) is 46.8 Å². The molecule has 0 fully saturated rings. The van der Waals surface area contributed by atoms with Gasteiger partial charge in [0, 0.05) is 6.07 Å². The Bertz CT molecular complexity index is 1250. The van der Waals surface area contributed by atoms with Gasteiger partial charge < -0.3 is 20.3 Å². The summed E-state index contributed by atoms with van der Waals surface area (Å²) in [7, 11) is 0. The first kappa shape index (κ1) is 26.9. The minimum atomic E-state index is -1.07. The average Bonchev–Trinajstić information content (AvgIpc) is 3.20. The largest absolute Gasteiger partial charge is 0.481 e. The molecule has 3 aromatic rings. The van der Waals surface area contributed by atoms with Gasteiger partial charge in [-0.25, -0.2) is 4.39 Å². The molecule has 8 nitrogen and oxygen atoms in total. The first-order valence-electron chi connectivity index (χ1n) is 11.6. The molecule has 2 atom stereocenters. The van der Waals surface area contributed by atoms with Gasteiger partial charge >= 0.3 is 5.97 Å². The van der Waals surface area contributed by atoms with Crippen LogP contribution in [0.1, 0.15) is 60.4 Å². The van der Waals surface area contributed by atoms with Gasteiger partial charge in [-0.15, -0.1) is 0 Å². The van der Waals surface area contributed by atoms with Gasteiger partial charge in [0.2, 0.25) is 5.88 Å². The third-order valence-corrected chi connectivity index (χ3v) is 5.86. The van der Waals surface area contributed by atoms with Crippen LogP contribution in [0.3, 0.4) is 0 Å². The third kappa shape index (κ3) is 6.48. The molecule has 0 unspecified atom stereocenters. The summed E-state index contributed by atoms with van der Waals surface area (Å²) < 4.78 is 21.5. The van der Waals surface area contributed by atoms with Crippen molar-refractivity contribution in [1.29, 1.82) is 0 Å². The van der Waals surface area contributed by atoms with Crippen molar-refractivity contribution in [2.75, 3.05) is 6.61 Å². The highest BCUT2D eigenvalue weighted by Crippen LogP contribution is 2.26. The Morgan fingerprint density at radius 2 is 1.83 bits per heavy atom. The van der Waals surface area contributed by atoms with Gasteiger partial charge in [0.25, 0.3) is 5.91 Å². The van der Waals surface area contributed by atoms with E-state index >= 15 is 0 Å². The topological polar surface area (TPSA) is 114 Å². The highest BCUT2D eigenvalue weighted by atomic mass is 19.1. The molecule has 0 radical (unpaired) electrons. The van der Waals surface area contributed by atoms with Gasteiger partial charge in [0.1, 0.15) is 18.1 Å². The number of carbonyl (C=O) groups excluding carboxylic acids is 1. The molecule has 0 saturated heterocycles. The van der Waals surface area contributed by atoms with Crippen molar-refractivity contribution in [3.8, 4) is 11.6 Å². The fourth-order valence-corrected chi connectivity index (χ4v) is 3.65. The molecule has 3 rings (SSSR count). The number of amides is 1. The van der Waals surface area contributed by atoms with Gasteiger partial charge in [-0.3, -0.25) is 9.59 Å². The number of nitrogens with zero attached hydrogens (tertiary/aromatic N) is 2. The van der Waals surface area contributed by atoms with Crippen molar-refractivity contribution in [3.05, 3.63) is 76.7 Å². The van der Waals surface area contributed by atoms with Crippen molar-refractivity contribution in [2.24, 2.45) is 5.41 Å². The monoisotopic (exact) mass is 497 g/mol. The molecule has 0 bridgehead atoms. The zero-order valence-corrected chi connectivity index (χ0v) is 21.1. The number of nitrogens with one attached hydrogen (secondary N) is 1. The molecule has 2 aromatic carbocycles. The molecule has 3 N–H and O–H groups in total. The van der Waals surface area contributed by atoms with E-state index in [1.165, 1.54) is 24.3 Å². The number of aliphatic hydroxyl groups is 1. The number of benzene rings is 2. The van der Waals surface area contributed by atoms with Crippen LogP contribution in [0.5, 0.6) is 5.88 Å². The molecule has 192 valence electrons. The molecule has 1 amide bonds. The lowest BCUT2D eigenvalue weighted by atomic mass is 9.90. The van der Waals surface area contributed by atoms with Crippen LogP contribution < -0.4 is 10.1 Å². The van der Waals surface area contributed by atoms with E-state index < -0.39 is 35.3 Å². The summed E-state index contributed by atoms with van der Waals surface area (Å²) >= 11 is 0. The molecule has 1 heterocycles. The number of hydrogen-bond donors (Lipinski definition) is 3. The van der Waals surface area contributed by atoms with E-state index in [4.69, 9.17) is 4.74 Å². The minimum absolute atomic E-state index is 0.0632. The Morgan fingerprint density at radius 3 is 2.44 bits per heavy atom. The van der Waals surface area contributed by atoms with Gasteiger partial charge in [-0.2, -0.15) is 9.78 Å². The van der Waals surface area contributed by atoms with Gasteiger partial charge in [0.05, 0.1) is 18.6 Å². The molecule has 36 heavy (non-hydrogen) atoms. The first-order chi connectivity index (χ1) is 16.9. The predicted octanol–water partition coefficient (Wildman–Crippen LogP) is 4.36. The Hall–Kier alpha value is -3.72. The SMILES string of the molecule is Cc1ccc([C@H](CC(=O)O)NC(=O)c2cc(OC[C@@H](O)C(C)(C)C)n(-c3ccccc3F)n2)c(C)c1. The number of carboxylic acids is 1. The Kier molecular flexibility index (Phi) is 8.14. The van der Waals surface area contributed by atoms with Crippen molar-refractivity contribution in [1.82, 2.24) is 15.1 Å². The van der Waals surface area contributed by atoms with Crippen LogP contribution in [0.25, 0.3) is 5.69 Å². The quantitative estimate of drug-likeness (QED) is 0.405. The molecule has 9 heteroatoms. The second-order valence-corrected chi connectivity index (χ2v) is 9.91. The van der Waals surface area contributed by atoms with Crippen molar-refractivity contribution in [2.45, 2.75) is 53.2 Å². The molecule has 0 saturated carbocycles. The summed E-state index contributed by atoms with van der Waals surface area (Å²) in [5.74, 6) is -2.22. The second kappa shape index (κ2) is 10.9. The Balaban J connectivity index is 1.95. The zero-order chi connectivity index (χ0) is 26.6. The van der Waals surface area contributed by atoms with Gasteiger partial charge in [0.15, 0.2) is 5.69 Å². The Morgan fingerprint density at radius 1 is 1.14 bits per heavy atom. The molecular formula is C27H32FN3O5. The first-order valence-corrected chi connectivity index (χ1v) is 11.6.